The number of aromatic nitrogens is 2. The summed E-state index contributed by atoms with van der Waals surface area (Å²) in [4.78, 5) is 37.1. The Morgan fingerprint density at radius 2 is 1.85 bits per heavy atom. The summed E-state index contributed by atoms with van der Waals surface area (Å²) in [6, 6.07) is 0.763. The molecule has 2 atom stereocenters. The molecule has 222 valence electrons. The predicted molar refractivity (Wildman–Crippen MR) is 151 cm³/mol. The third-order valence-corrected chi connectivity index (χ3v) is 8.24. The van der Waals surface area contributed by atoms with Gasteiger partial charge in [0.25, 0.3) is 11.8 Å². The maximum atomic E-state index is 14.4. The van der Waals surface area contributed by atoms with E-state index in [0.717, 1.165) is 37.9 Å². The van der Waals surface area contributed by atoms with Crippen LogP contribution in [0.2, 0.25) is 0 Å². The zero-order valence-corrected chi connectivity index (χ0v) is 25.0. The van der Waals surface area contributed by atoms with Gasteiger partial charge in [-0.2, -0.15) is 13.2 Å². The lowest BCUT2D eigenvalue weighted by molar-refractivity contribution is -0.137. The number of likely N-dealkylation sites (tertiary alicyclic amines) is 1. The van der Waals surface area contributed by atoms with E-state index in [0.29, 0.717) is 17.8 Å². The fourth-order valence-corrected chi connectivity index (χ4v) is 5.67. The van der Waals surface area contributed by atoms with Gasteiger partial charge in [0.05, 0.1) is 16.0 Å². The summed E-state index contributed by atoms with van der Waals surface area (Å²) in [5.41, 5.74) is -3.19. The van der Waals surface area contributed by atoms with E-state index in [9.17, 15) is 27.9 Å². The second kappa shape index (κ2) is 12.0. The quantitative estimate of drug-likeness (QED) is 0.311. The van der Waals surface area contributed by atoms with Gasteiger partial charge in [-0.3, -0.25) is 9.59 Å². The first kappa shape index (κ1) is 31.8. The highest BCUT2D eigenvalue weighted by Crippen LogP contribution is 2.42. The van der Waals surface area contributed by atoms with E-state index in [1.54, 1.807) is 4.90 Å². The summed E-state index contributed by atoms with van der Waals surface area (Å²) in [5, 5.41) is 15.4. The Labute approximate surface area is 237 Å². The highest BCUT2D eigenvalue weighted by Gasteiger charge is 2.40. The molecule has 1 fully saturated rings. The number of amides is 2. The number of carbonyl (C=O) groups is 2. The lowest BCUT2D eigenvalue weighted by Gasteiger charge is -2.28. The van der Waals surface area contributed by atoms with Crippen LogP contribution in [0, 0.1) is 0 Å². The Hall–Kier alpha value is -2.73. The van der Waals surface area contributed by atoms with Crippen molar-refractivity contribution in [1.82, 2.24) is 20.2 Å². The fourth-order valence-electron chi connectivity index (χ4n) is 4.67. The third-order valence-electron chi connectivity index (χ3n) is 7.15. The molecule has 0 aromatic carbocycles. The molecule has 2 unspecified atom stereocenters. The van der Waals surface area contributed by atoms with E-state index < -0.39 is 34.7 Å². The molecule has 0 saturated carbocycles. The van der Waals surface area contributed by atoms with Crippen molar-refractivity contribution in [1.29, 1.82) is 0 Å². The minimum atomic E-state index is -4.76. The van der Waals surface area contributed by atoms with Crippen LogP contribution in [0.15, 0.2) is 12.3 Å². The molecule has 1 aliphatic heterocycles. The van der Waals surface area contributed by atoms with Gasteiger partial charge in [0.1, 0.15) is 11.5 Å². The number of nitrogens with zero attached hydrogens (tertiary/aromatic N) is 3. The van der Waals surface area contributed by atoms with Crippen molar-refractivity contribution in [3.05, 3.63) is 28.5 Å². The minimum Gasteiger partial charge on any atom is -0.389 e. The highest BCUT2D eigenvalue weighted by molar-refractivity contribution is 7.17. The van der Waals surface area contributed by atoms with Gasteiger partial charge in [0.2, 0.25) is 0 Å². The molecule has 8 nitrogen and oxygen atoms in total. The first-order chi connectivity index (χ1) is 18.5. The molecule has 0 spiro atoms. The second-order valence-corrected chi connectivity index (χ2v) is 12.7. The van der Waals surface area contributed by atoms with Crippen LogP contribution < -0.4 is 10.6 Å². The number of anilines is 1. The number of rotatable bonds is 10. The lowest BCUT2D eigenvalue weighted by Crippen LogP contribution is -2.40. The number of alkyl halides is 3. The highest BCUT2D eigenvalue weighted by atomic mass is 32.1. The maximum absolute atomic E-state index is 14.4. The van der Waals surface area contributed by atoms with Crippen LogP contribution >= 0.6 is 11.3 Å². The van der Waals surface area contributed by atoms with Gasteiger partial charge < -0.3 is 20.6 Å². The number of hydrogen-bond donors (Lipinski definition) is 3. The Balaban J connectivity index is 2.17. The average Bonchev–Trinajstić information content (AvgIpc) is 3.45. The molecular formula is C28H40F3N5O3S. The Bertz CT molecular complexity index is 1220. The summed E-state index contributed by atoms with van der Waals surface area (Å²) in [6.45, 7) is 12.5. The molecule has 1 aliphatic rings. The van der Waals surface area contributed by atoms with Crippen LogP contribution in [0.5, 0.6) is 0 Å². The fraction of sp³-hybridized carbons (Fsp3) is 0.643. The average molecular weight is 584 g/mol. The Morgan fingerprint density at radius 1 is 1.18 bits per heavy atom. The van der Waals surface area contributed by atoms with Crippen LogP contribution in [0.4, 0.5) is 19.0 Å². The summed E-state index contributed by atoms with van der Waals surface area (Å²) < 4.78 is 43.3. The van der Waals surface area contributed by atoms with E-state index in [1.807, 2.05) is 34.6 Å². The Morgan fingerprint density at radius 3 is 2.42 bits per heavy atom. The van der Waals surface area contributed by atoms with E-state index >= 15 is 0 Å². The van der Waals surface area contributed by atoms with Crippen LogP contribution in [-0.2, 0) is 6.18 Å². The summed E-state index contributed by atoms with van der Waals surface area (Å²) >= 11 is 0.715. The zero-order chi connectivity index (χ0) is 30.0. The number of hydrogen-bond acceptors (Lipinski definition) is 7. The monoisotopic (exact) mass is 583 g/mol. The van der Waals surface area contributed by atoms with Crippen LogP contribution in [0.1, 0.15) is 106 Å². The molecule has 1 saturated heterocycles. The molecule has 0 bridgehead atoms. The standard InChI is InChI=1S/C28H40F3N5O3S/c1-8-10-17-12-11-16(3)36(17)25(38)21-22(40-24(34-21)23(37)33-15-27(6,7)39)18-14-32-20(35-26(4,5)9-2)13-19(18)28(29,30)31/h13-14,16-17,39H,8-12,15H2,1-7H3,(H,32,35)(H,33,37). The van der Waals surface area contributed by atoms with Crippen molar-refractivity contribution in [3.8, 4) is 10.4 Å². The van der Waals surface area contributed by atoms with E-state index in [4.69, 9.17) is 0 Å². The first-order valence-corrected chi connectivity index (χ1v) is 14.5. The lowest BCUT2D eigenvalue weighted by atomic mass is 10.0. The SMILES string of the molecule is CCCC1CCC(C)N1C(=O)c1nc(C(=O)NCC(C)(C)O)sc1-c1cnc(NC(C)(C)CC)cc1C(F)(F)F. The summed E-state index contributed by atoms with van der Waals surface area (Å²) in [5.74, 6) is -1.13. The van der Waals surface area contributed by atoms with Gasteiger partial charge in [0, 0.05) is 35.9 Å². The number of carbonyl (C=O) groups excluding carboxylic acids is 2. The molecule has 3 rings (SSSR count). The van der Waals surface area contributed by atoms with Gasteiger partial charge in [0.15, 0.2) is 5.01 Å². The summed E-state index contributed by atoms with van der Waals surface area (Å²) in [7, 11) is 0. The predicted octanol–water partition coefficient (Wildman–Crippen LogP) is 6.12. The minimum absolute atomic E-state index is 0.0552. The number of halogens is 3. The van der Waals surface area contributed by atoms with Gasteiger partial charge in [-0.1, -0.05) is 20.3 Å². The van der Waals surface area contributed by atoms with Gasteiger partial charge in [-0.05, 0) is 66.4 Å². The number of nitrogens with one attached hydrogen (secondary N) is 2. The Kier molecular flexibility index (Phi) is 9.55. The van der Waals surface area contributed by atoms with E-state index in [1.165, 1.54) is 13.8 Å². The topological polar surface area (TPSA) is 107 Å². The van der Waals surface area contributed by atoms with Crippen molar-refractivity contribution in [2.24, 2.45) is 0 Å². The number of aliphatic hydroxyl groups is 1. The van der Waals surface area contributed by atoms with Crippen LogP contribution in [0.25, 0.3) is 10.4 Å². The molecule has 2 aromatic heterocycles. The zero-order valence-electron chi connectivity index (χ0n) is 24.2. The van der Waals surface area contributed by atoms with Crippen LogP contribution in [0.3, 0.4) is 0 Å². The van der Waals surface area contributed by atoms with Gasteiger partial charge >= 0.3 is 6.18 Å². The number of pyridine rings is 1. The van der Waals surface area contributed by atoms with Crippen molar-refractivity contribution in [2.45, 2.75) is 110 Å². The maximum Gasteiger partial charge on any atom is 0.417 e. The second-order valence-electron chi connectivity index (χ2n) is 11.7. The van der Waals surface area contributed by atoms with Gasteiger partial charge in [-0.25, -0.2) is 9.97 Å². The normalized spacial score (nSPS) is 18.2. The molecule has 0 radical (unpaired) electrons. The molecule has 12 heteroatoms. The van der Waals surface area contributed by atoms with Crippen molar-refractivity contribution >= 4 is 29.0 Å². The van der Waals surface area contributed by atoms with Crippen LogP contribution in [-0.4, -0.2) is 61.6 Å². The largest absolute Gasteiger partial charge is 0.417 e. The van der Waals surface area contributed by atoms with Crippen molar-refractivity contribution in [2.75, 3.05) is 11.9 Å². The molecule has 40 heavy (non-hydrogen) atoms. The molecule has 2 aromatic rings. The first-order valence-electron chi connectivity index (χ1n) is 13.7. The molecular weight excluding hydrogens is 543 g/mol. The van der Waals surface area contributed by atoms with E-state index in [2.05, 4.69) is 20.6 Å². The summed E-state index contributed by atoms with van der Waals surface area (Å²) in [6.07, 6.45) is 0.167. The van der Waals surface area contributed by atoms with Gasteiger partial charge in [-0.15, -0.1) is 11.3 Å². The smallest absolute Gasteiger partial charge is 0.389 e. The molecule has 3 N–H and O–H groups in total. The third kappa shape index (κ3) is 7.51. The molecule has 3 heterocycles. The van der Waals surface area contributed by atoms with Crippen molar-refractivity contribution in [3.63, 3.8) is 0 Å². The van der Waals surface area contributed by atoms with Crippen molar-refractivity contribution < 1.29 is 27.9 Å². The molecule has 2 amide bonds. The molecule has 0 aliphatic carbocycles. The van der Waals surface area contributed by atoms with E-state index in [-0.39, 0.29) is 45.6 Å². The number of thiazole rings is 1.